The second-order valence-corrected chi connectivity index (χ2v) is 11.7. The number of carbonyl (C=O) groups excluding carboxylic acids is 1. The third-order valence-electron chi connectivity index (χ3n) is 5.87. The zero-order valence-corrected chi connectivity index (χ0v) is 23.1. The van der Waals surface area contributed by atoms with E-state index < -0.39 is 21.9 Å². The maximum Gasteiger partial charge on any atom is 0.335 e. The van der Waals surface area contributed by atoms with Gasteiger partial charge in [0.05, 0.1) is 57.6 Å². The molecule has 1 unspecified atom stereocenters. The number of hydrogen-bond acceptors (Lipinski definition) is 7. The van der Waals surface area contributed by atoms with Crippen LogP contribution in [0.1, 0.15) is 19.4 Å². The first kappa shape index (κ1) is 29.8. The van der Waals surface area contributed by atoms with Gasteiger partial charge in [0, 0.05) is 25.4 Å². The number of methoxy groups -OCH3 is 1. The van der Waals surface area contributed by atoms with Crippen molar-refractivity contribution in [1.82, 2.24) is 9.32 Å². The van der Waals surface area contributed by atoms with Gasteiger partial charge in [-0.2, -0.15) is 8.42 Å². The number of carbonyl (C=O) groups is 1. The number of rotatable bonds is 15. The Hall–Kier alpha value is -1.47. The molecule has 0 N–H and O–H groups in total. The third kappa shape index (κ3) is 8.56. The Balaban J connectivity index is 2.11. The van der Waals surface area contributed by atoms with Crippen molar-refractivity contribution in [3.63, 3.8) is 0 Å². The minimum Gasteiger partial charge on any atom is -0.382 e. The predicted octanol–water partition coefficient (Wildman–Crippen LogP) is 2.45. The fraction of sp³-hybridized carbons (Fsp3) is 0.696. The van der Waals surface area contributed by atoms with Crippen LogP contribution in [0.15, 0.2) is 29.2 Å². The summed E-state index contributed by atoms with van der Waals surface area (Å²) in [4.78, 5) is 14.3. The summed E-state index contributed by atoms with van der Waals surface area (Å²) < 4.78 is 49.3. The van der Waals surface area contributed by atoms with E-state index in [-0.39, 0.29) is 22.0 Å². The summed E-state index contributed by atoms with van der Waals surface area (Å²) in [6.07, 6.45) is -0.884. The van der Waals surface area contributed by atoms with E-state index in [1.54, 1.807) is 19.2 Å². The normalized spacial score (nSPS) is 17.3. The number of hydrogen-bond donors (Lipinski definition) is 0. The van der Waals surface area contributed by atoms with E-state index in [1.165, 1.54) is 17.0 Å². The molecule has 1 aliphatic heterocycles. The van der Waals surface area contributed by atoms with Crippen LogP contribution < -0.4 is 0 Å². The van der Waals surface area contributed by atoms with Gasteiger partial charge in [0.15, 0.2) is 0 Å². The zero-order valence-electron chi connectivity index (χ0n) is 21.5. The summed E-state index contributed by atoms with van der Waals surface area (Å²) in [6.45, 7) is 8.60. The monoisotopic (exact) mass is 536 g/mol. The van der Waals surface area contributed by atoms with E-state index in [2.05, 4.69) is 0 Å². The number of likely N-dealkylation sites (N-methyl/N-ethyl adjacent to an activating group) is 1. The molecule has 1 heterocycles. The van der Waals surface area contributed by atoms with E-state index in [4.69, 9.17) is 30.2 Å². The number of amides is 2. The van der Waals surface area contributed by atoms with Gasteiger partial charge in [0.2, 0.25) is 6.23 Å². The highest BCUT2D eigenvalue weighted by molar-refractivity contribution is 7.86. The number of urea groups is 1. The van der Waals surface area contributed by atoms with Crippen LogP contribution in [-0.2, 0) is 28.5 Å². The molecule has 1 saturated heterocycles. The molecule has 0 radical (unpaired) electrons. The fourth-order valence-electron chi connectivity index (χ4n) is 3.49. The van der Waals surface area contributed by atoms with Gasteiger partial charge in [-0.25, -0.2) is 13.4 Å². The Morgan fingerprint density at radius 1 is 1.06 bits per heavy atom. The zero-order chi connectivity index (χ0) is 26.3. The van der Waals surface area contributed by atoms with E-state index in [9.17, 15) is 13.2 Å². The molecule has 1 atom stereocenters. The van der Waals surface area contributed by atoms with Crippen molar-refractivity contribution >= 4 is 27.9 Å². The average Bonchev–Trinajstić information content (AvgIpc) is 2.97. The van der Waals surface area contributed by atoms with Crippen molar-refractivity contribution in [2.45, 2.75) is 37.4 Å². The van der Waals surface area contributed by atoms with Gasteiger partial charge in [-0.3, -0.25) is 4.48 Å². The molecule has 1 aromatic rings. The molecule has 2 amide bonds. The molecular weight excluding hydrogens is 498 g/mol. The molecule has 12 heteroatoms. The van der Waals surface area contributed by atoms with Gasteiger partial charge in [0.1, 0.15) is 13.1 Å². The van der Waals surface area contributed by atoms with Gasteiger partial charge < -0.3 is 19.1 Å². The smallest absolute Gasteiger partial charge is 0.335 e. The number of nitrogens with zero attached hydrogens (tertiary/aromatic N) is 3. The van der Waals surface area contributed by atoms with E-state index >= 15 is 0 Å². The van der Waals surface area contributed by atoms with Gasteiger partial charge in [0.25, 0.3) is 0 Å². The van der Waals surface area contributed by atoms with Crippen LogP contribution in [-0.4, -0.2) is 114 Å². The van der Waals surface area contributed by atoms with Crippen molar-refractivity contribution in [3.8, 4) is 0 Å². The Labute approximate surface area is 214 Å². The maximum atomic E-state index is 13.1. The molecule has 1 fully saturated rings. The number of halogens is 1. The predicted molar refractivity (Wildman–Crippen MR) is 132 cm³/mol. The SMILES string of the molecule is COCCOCCOCC[N+](C)(C)C(CN1CC(C)(C)N(Cl)C1=O)OS(=O)(=O)c1ccc(C)cc1. The van der Waals surface area contributed by atoms with Crippen LogP contribution in [0.25, 0.3) is 0 Å². The van der Waals surface area contributed by atoms with E-state index in [1.807, 2.05) is 34.9 Å². The summed E-state index contributed by atoms with van der Waals surface area (Å²) in [5.74, 6) is 0. The van der Waals surface area contributed by atoms with Crippen LogP contribution in [0.4, 0.5) is 4.79 Å². The number of aryl methyl sites for hydroxylation is 1. The lowest BCUT2D eigenvalue weighted by Crippen LogP contribution is -2.57. The van der Waals surface area contributed by atoms with E-state index in [0.717, 1.165) is 9.98 Å². The first-order chi connectivity index (χ1) is 16.3. The molecule has 0 saturated carbocycles. The van der Waals surface area contributed by atoms with Gasteiger partial charge in [-0.05, 0) is 32.9 Å². The first-order valence-electron chi connectivity index (χ1n) is 11.5. The largest absolute Gasteiger partial charge is 0.382 e. The fourth-order valence-corrected chi connectivity index (χ4v) is 4.82. The number of ether oxygens (including phenoxy) is 3. The molecule has 35 heavy (non-hydrogen) atoms. The lowest BCUT2D eigenvalue weighted by molar-refractivity contribution is -0.932. The molecule has 0 aliphatic carbocycles. The first-order valence-corrected chi connectivity index (χ1v) is 13.3. The molecule has 0 aromatic heterocycles. The number of quaternary nitrogens is 1. The van der Waals surface area contributed by atoms with Crippen molar-refractivity contribution in [3.05, 3.63) is 29.8 Å². The minimum absolute atomic E-state index is 0.0453. The highest BCUT2D eigenvalue weighted by atomic mass is 35.5. The van der Waals surface area contributed by atoms with E-state index in [0.29, 0.717) is 46.1 Å². The van der Waals surface area contributed by atoms with Crippen LogP contribution >= 0.6 is 11.8 Å². The molecule has 0 bridgehead atoms. The standard InChI is InChI=1S/C23H39ClN3O7S/c1-19-7-9-20(10-8-19)35(29,30)34-21(17-25-18-23(2,3)26(24)22(25)28)27(4,5)11-12-32-15-16-33-14-13-31-6/h7-10,21H,11-18H2,1-6H3/q+1. The lowest BCUT2D eigenvalue weighted by Gasteiger charge is -2.38. The Morgan fingerprint density at radius 3 is 2.17 bits per heavy atom. The highest BCUT2D eigenvalue weighted by Crippen LogP contribution is 2.29. The summed E-state index contributed by atoms with van der Waals surface area (Å²) >= 11 is 6.19. The molecule has 0 spiro atoms. The second kappa shape index (κ2) is 12.7. The minimum atomic E-state index is -4.08. The van der Waals surface area contributed by atoms with Crippen molar-refractivity contribution in [1.29, 1.82) is 0 Å². The van der Waals surface area contributed by atoms with Crippen molar-refractivity contribution in [2.75, 3.05) is 73.9 Å². The molecule has 200 valence electrons. The average molecular weight is 537 g/mol. The van der Waals surface area contributed by atoms with Crippen molar-refractivity contribution < 1.29 is 36.1 Å². The van der Waals surface area contributed by atoms with Crippen LogP contribution in [0, 0.1) is 6.92 Å². The third-order valence-corrected chi connectivity index (χ3v) is 7.79. The second-order valence-electron chi connectivity index (χ2n) is 9.79. The molecule has 1 aliphatic rings. The van der Waals surface area contributed by atoms with Crippen LogP contribution in [0.5, 0.6) is 0 Å². The summed E-state index contributed by atoms with van der Waals surface area (Å²) in [6, 6.07) is 6.07. The van der Waals surface area contributed by atoms with Crippen LogP contribution in [0.3, 0.4) is 0 Å². The van der Waals surface area contributed by atoms with Gasteiger partial charge >= 0.3 is 16.1 Å². The molecule has 10 nitrogen and oxygen atoms in total. The quantitative estimate of drug-likeness (QED) is 0.112. The Morgan fingerprint density at radius 2 is 1.63 bits per heavy atom. The molecule has 1 aromatic carbocycles. The topological polar surface area (TPSA) is 94.6 Å². The summed E-state index contributed by atoms with van der Waals surface area (Å²) in [5.41, 5.74) is 0.342. The molecular formula is C23H39ClN3O7S+. The highest BCUT2D eigenvalue weighted by Gasteiger charge is 2.46. The summed E-state index contributed by atoms with van der Waals surface area (Å²) in [7, 11) is 1.22. The van der Waals surface area contributed by atoms with Gasteiger partial charge in [-0.15, -0.1) is 0 Å². The molecule has 2 rings (SSSR count). The van der Waals surface area contributed by atoms with Gasteiger partial charge in [-0.1, -0.05) is 17.7 Å². The van der Waals surface area contributed by atoms with Crippen LogP contribution in [0.2, 0.25) is 0 Å². The Kier molecular flexibility index (Phi) is 10.8. The van der Waals surface area contributed by atoms with Crippen molar-refractivity contribution in [2.24, 2.45) is 0 Å². The summed E-state index contributed by atoms with van der Waals surface area (Å²) in [5, 5.41) is 0. The number of benzene rings is 1. The Bertz CT molecular complexity index is 926. The lowest BCUT2D eigenvalue weighted by atomic mass is 10.1. The maximum absolute atomic E-state index is 13.1.